The van der Waals surface area contributed by atoms with E-state index in [9.17, 15) is 0 Å². The zero-order valence-electron chi connectivity index (χ0n) is 12.0. The molecule has 4 nitrogen and oxygen atoms in total. The molecule has 0 heterocycles. The third-order valence-electron chi connectivity index (χ3n) is 3.58. The highest BCUT2D eigenvalue weighted by Crippen LogP contribution is 2.17. The fraction of sp³-hybridized carbons (Fsp3) is 0.0556. The second-order valence-electron chi connectivity index (χ2n) is 5.07. The minimum Gasteiger partial charge on any atom is -0.381 e. The van der Waals surface area contributed by atoms with Gasteiger partial charge in [0.15, 0.2) is 5.84 Å². The molecule has 4 heteroatoms. The zero-order chi connectivity index (χ0) is 15.4. The quantitative estimate of drug-likeness (QED) is 0.360. The van der Waals surface area contributed by atoms with E-state index in [1.807, 2.05) is 24.3 Å². The summed E-state index contributed by atoms with van der Waals surface area (Å²) in [6.07, 6.45) is 0. The highest BCUT2D eigenvalue weighted by atomic mass is 15.0. The van der Waals surface area contributed by atoms with E-state index in [1.54, 1.807) is 12.1 Å². The molecule has 3 aromatic carbocycles. The maximum atomic E-state index is 7.49. The van der Waals surface area contributed by atoms with Gasteiger partial charge in [0.05, 0.1) is 0 Å². The lowest BCUT2D eigenvalue weighted by molar-refractivity contribution is 1.15. The molecule has 108 valence electrons. The van der Waals surface area contributed by atoms with Crippen LogP contribution >= 0.6 is 0 Å². The van der Waals surface area contributed by atoms with E-state index >= 15 is 0 Å². The van der Waals surface area contributed by atoms with Crippen LogP contribution in [-0.4, -0.2) is 5.84 Å². The van der Waals surface area contributed by atoms with Gasteiger partial charge in [0.25, 0.3) is 0 Å². The monoisotopic (exact) mass is 288 g/mol. The van der Waals surface area contributed by atoms with Crippen LogP contribution in [0, 0.1) is 10.9 Å². The van der Waals surface area contributed by atoms with Gasteiger partial charge >= 0.3 is 0 Å². The van der Waals surface area contributed by atoms with Crippen LogP contribution in [0.15, 0.2) is 71.8 Å². The van der Waals surface area contributed by atoms with Crippen LogP contribution < -0.4 is 5.32 Å². The summed E-state index contributed by atoms with van der Waals surface area (Å²) in [5.41, 5.74) is 9.69. The highest BCUT2D eigenvalue weighted by Gasteiger charge is 2.00. The molecule has 0 aliphatic heterocycles. The average Bonchev–Trinajstić information content (AvgIpc) is 2.59. The van der Waals surface area contributed by atoms with Gasteiger partial charge in [-0.3, -0.25) is 5.41 Å². The van der Waals surface area contributed by atoms with E-state index in [0.29, 0.717) is 5.56 Å². The maximum Gasteiger partial charge on any atom is 0.173 e. The number of anilines is 1. The number of fused-ring (bicyclic) bond motifs is 1. The van der Waals surface area contributed by atoms with Gasteiger partial charge in [0, 0.05) is 17.8 Å². The fourth-order valence-electron chi connectivity index (χ4n) is 2.36. The third kappa shape index (κ3) is 3.01. The molecule has 0 bridgehead atoms. The molecule has 0 aliphatic carbocycles. The van der Waals surface area contributed by atoms with Gasteiger partial charge < -0.3 is 5.32 Å². The molecule has 22 heavy (non-hydrogen) atoms. The van der Waals surface area contributed by atoms with Crippen molar-refractivity contribution in [2.24, 2.45) is 5.11 Å². The van der Waals surface area contributed by atoms with Gasteiger partial charge in [-0.25, -0.2) is 5.53 Å². The van der Waals surface area contributed by atoms with Crippen LogP contribution in [0.3, 0.4) is 0 Å². The molecule has 0 atom stereocenters. The summed E-state index contributed by atoms with van der Waals surface area (Å²) in [5, 5.41) is 16.5. The van der Waals surface area contributed by atoms with Crippen molar-refractivity contribution in [1.82, 2.24) is 0 Å². The SMILES string of the molecule is N=NC(=N)c1ccc(NCc2ccc3ccccc3c2)cc1. The number of benzene rings is 3. The molecular formula is C18H16N4. The number of hydrogen-bond donors (Lipinski definition) is 3. The second-order valence-corrected chi connectivity index (χ2v) is 5.07. The Hall–Kier alpha value is -3.01. The normalized spacial score (nSPS) is 10.4. The summed E-state index contributed by atoms with van der Waals surface area (Å²) in [7, 11) is 0. The lowest BCUT2D eigenvalue weighted by atomic mass is 10.1. The molecule has 0 radical (unpaired) electrons. The van der Waals surface area contributed by atoms with Gasteiger partial charge in [-0.2, -0.15) is 0 Å². The summed E-state index contributed by atoms with van der Waals surface area (Å²) in [5.74, 6) is -0.0268. The molecule has 3 aromatic rings. The Morgan fingerprint density at radius 1 is 0.909 bits per heavy atom. The van der Waals surface area contributed by atoms with Gasteiger partial charge in [0.1, 0.15) is 0 Å². The van der Waals surface area contributed by atoms with Gasteiger partial charge in [0.2, 0.25) is 0 Å². The van der Waals surface area contributed by atoms with Crippen LogP contribution in [-0.2, 0) is 6.54 Å². The highest BCUT2D eigenvalue weighted by molar-refractivity contribution is 5.96. The number of nitrogens with one attached hydrogen (secondary N) is 3. The van der Waals surface area contributed by atoms with Crippen molar-refractivity contribution in [2.45, 2.75) is 6.54 Å². The van der Waals surface area contributed by atoms with E-state index in [1.165, 1.54) is 16.3 Å². The number of rotatable bonds is 4. The summed E-state index contributed by atoms with van der Waals surface area (Å²) < 4.78 is 0. The maximum absolute atomic E-state index is 7.49. The molecular weight excluding hydrogens is 272 g/mol. The largest absolute Gasteiger partial charge is 0.381 e. The molecule has 0 aliphatic rings. The zero-order valence-corrected chi connectivity index (χ0v) is 12.0. The van der Waals surface area contributed by atoms with Crippen LogP contribution in [0.2, 0.25) is 0 Å². The Morgan fingerprint density at radius 3 is 2.36 bits per heavy atom. The molecule has 0 unspecified atom stereocenters. The fourth-order valence-corrected chi connectivity index (χ4v) is 2.36. The molecule has 3 N–H and O–H groups in total. The van der Waals surface area contributed by atoms with Crippen LogP contribution in [0.25, 0.3) is 10.8 Å². The number of amidine groups is 1. The van der Waals surface area contributed by atoms with Gasteiger partial charge in [-0.1, -0.05) is 36.4 Å². The molecule has 0 saturated carbocycles. The van der Waals surface area contributed by atoms with Gasteiger partial charge in [-0.05, 0) is 46.7 Å². The first-order chi connectivity index (χ1) is 10.8. The molecule has 0 amide bonds. The Kier molecular flexibility index (Phi) is 3.92. The van der Waals surface area contributed by atoms with Crippen molar-refractivity contribution in [3.8, 4) is 0 Å². The topological polar surface area (TPSA) is 72.1 Å². The minimum atomic E-state index is -0.0268. The summed E-state index contributed by atoms with van der Waals surface area (Å²) in [6, 6.07) is 22.1. The van der Waals surface area contributed by atoms with E-state index in [0.717, 1.165) is 12.2 Å². The molecule has 0 aromatic heterocycles. The second kappa shape index (κ2) is 6.18. The van der Waals surface area contributed by atoms with E-state index in [4.69, 9.17) is 10.9 Å². The Balaban J connectivity index is 1.70. The Morgan fingerprint density at radius 2 is 1.64 bits per heavy atom. The predicted octanol–water partition coefficient (Wildman–Crippen LogP) is 4.81. The molecule has 0 saturated heterocycles. The molecule has 0 spiro atoms. The van der Waals surface area contributed by atoms with Crippen molar-refractivity contribution in [3.63, 3.8) is 0 Å². The summed E-state index contributed by atoms with van der Waals surface area (Å²) in [6.45, 7) is 0.741. The van der Waals surface area contributed by atoms with E-state index in [-0.39, 0.29) is 5.84 Å². The first kappa shape index (κ1) is 13.9. The lowest BCUT2D eigenvalue weighted by Crippen LogP contribution is -2.00. The lowest BCUT2D eigenvalue weighted by Gasteiger charge is -2.08. The van der Waals surface area contributed by atoms with Crippen molar-refractivity contribution in [3.05, 3.63) is 77.9 Å². The van der Waals surface area contributed by atoms with E-state index < -0.39 is 0 Å². The molecule has 3 rings (SSSR count). The van der Waals surface area contributed by atoms with E-state index in [2.05, 4.69) is 40.8 Å². The van der Waals surface area contributed by atoms with Crippen molar-refractivity contribution in [1.29, 1.82) is 10.9 Å². The standard InChI is InChI=1S/C18H16N4/c19-18(22-20)15-7-9-17(10-8-15)21-12-13-5-6-14-3-1-2-4-16(14)11-13/h1-11,19-21H,12H2. The predicted molar refractivity (Wildman–Crippen MR) is 89.7 cm³/mol. The van der Waals surface area contributed by atoms with Crippen LogP contribution in [0.1, 0.15) is 11.1 Å². The summed E-state index contributed by atoms with van der Waals surface area (Å²) >= 11 is 0. The van der Waals surface area contributed by atoms with Crippen molar-refractivity contribution >= 4 is 22.3 Å². The van der Waals surface area contributed by atoms with Crippen molar-refractivity contribution in [2.75, 3.05) is 5.32 Å². The third-order valence-corrected chi connectivity index (χ3v) is 3.58. The number of nitrogens with zero attached hydrogens (tertiary/aromatic N) is 1. The summed E-state index contributed by atoms with van der Waals surface area (Å²) in [4.78, 5) is 0. The van der Waals surface area contributed by atoms with Gasteiger partial charge in [-0.15, -0.1) is 5.11 Å². The number of hydrogen-bond acceptors (Lipinski definition) is 3. The Labute approximate surface area is 128 Å². The minimum absolute atomic E-state index is 0.0268. The van der Waals surface area contributed by atoms with Crippen molar-refractivity contribution < 1.29 is 0 Å². The van der Waals surface area contributed by atoms with Crippen LogP contribution in [0.4, 0.5) is 5.69 Å². The first-order valence-electron chi connectivity index (χ1n) is 7.04. The smallest absolute Gasteiger partial charge is 0.173 e. The van der Waals surface area contributed by atoms with Crippen LogP contribution in [0.5, 0.6) is 0 Å². The molecule has 0 fully saturated rings. The Bertz CT molecular complexity index is 822. The average molecular weight is 288 g/mol. The first-order valence-corrected chi connectivity index (χ1v) is 7.04.